The molecule has 4 rings (SSSR count). The number of carbonyl (C=O) groups excluding carboxylic acids is 4. The molecule has 3 aliphatic carbocycles. The number of hydrogen-bond acceptors (Lipinski definition) is 9. The van der Waals surface area contributed by atoms with E-state index in [4.69, 9.17) is 23.7 Å². The van der Waals surface area contributed by atoms with Crippen LogP contribution in [0.2, 0.25) is 0 Å². The molecule has 3 saturated carbocycles. The summed E-state index contributed by atoms with van der Waals surface area (Å²) in [6.07, 6.45) is -0.135. The molecule has 9 heteroatoms. The van der Waals surface area contributed by atoms with E-state index in [0.29, 0.717) is 0 Å². The molecule has 1 aliphatic heterocycles. The third-order valence-electron chi connectivity index (χ3n) is 7.93. The predicted octanol–water partition coefficient (Wildman–Crippen LogP) is 2.14. The molecular formula is C23H32O9. The molecular weight excluding hydrogens is 420 g/mol. The minimum atomic E-state index is -1.61. The zero-order valence-electron chi connectivity index (χ0n) is 19.7. The van der Waals surface area contributed by atoms with Crippen LogP contribution in [0.1, 0.15) is 61.3 Å². The van der Waals surface area contributed by atoms with Crippen molar-refractivity contribution in [1.29, 1.82) is 0 Å². The fourth-order valence-electron chi connectivity index (χ4n) is 7.56. The molecule has 0 radical (unpaired) electrons. The molecule has 178 valence electrons. The smallest absolute Gasteiger partial charge is 0.305 e. The number of carbonyl (C=O) groups is 4. The molecule has 0 aromatic heterocycles. The summed E-state index contributed by atoms with van der Waals surface area (Å²) in [5.41, 5.74) is -2.16. The number of hydrogen-bond donors (Lipinski definition) is 0. The Morgan fingerprint density at radius 1 is 0.812 bits per heavy atom. The summed E-state index contributed by atoms with van der Waals surface area (Å²) in [7, 11) is 0. The van der Waals surface area contributed by atoms with Crippen LogP contribution in [-0.2, 0) is 42.9 Å². The van der Waals surface area contributed by atoms with Gasteiger partial charge in [0.1, 0.15) is 6.10 Å². The van der Waals surface area contributed by atoms with Crippen LogP contribution in [0.25, 0.3) is 0 Å². The maximum Gasteiger partial charge on any atom is 0.305 e. The zero-order chi connectivity index (χ0) is 23.9. The van der Waals surface area contributed by atoms with Crippen LogP contribution in [-0.4, -0.2) is 54.1 Å². The van der Waals surface area contributed by atoms with E-state index in [9.17, 15) is 19.2 Å². The molecule has 1 unspecified atom stereocenters. The van der Waals surface area contributed by atoms with E-state index in [1.54, 1.807) is 0 Å². The average Bonchev–Trinajstić information content (AvgIpc) is 3.10. The molecule has 0 aromatic rings. The molecule has 32 heavy (non-hydrogen) atoms. The Morgan fingerprint density at radius 3 is 1.94 bits per heavy atom. The monoisotopic (exact) mass is 452 g/mol. The molecule has 0 amide bonds. The number of fused-ring (bicyclic) bond motifs is 2. The van der Waals surface area contributed by atoms with Crippen molar-refractivity contribution in [2.45, 2.75) is 84.9 Å². The number of ether oxygens (including phenoxy) is 5. The van der Waals surface area contributed by atoms with Crippen LogP contribution in [0.3, 0.4) is 0 Å². The maximum atomic E-state index is 12.3. The van der Waals surface area contributed by atoms with E-state index < -0.39 is 58.8 Å². The summed E-state index contributed by atoms with van der Waals surface area (Å²) in [5, 5.41) is 0. The quantitative estimate of drug-likeness (QED) is 0.467. The van der Waals surface area contributed by atoms with Gasteiger partial charge in [-0.05, 0) is 24.2 Å². The molecule has 0 aromatic carbocycles. The topological polar surface area (TPSA) is 114 Å². The van der Waals surface area contributed by atoms with Crippen molar-refractivity contribution in [1.82, 2.24) is 0 Å². The molecule has 4 aliphatic rings. The summed E-state index contributed by atoms with van der Waals surface area (Å²) >= 11 is 0. The van der Waals surface area contributed by atoms with Crippen LogP contribution >= 0.6 is 0 Å². The van der Waals surface area contributed by atoms with Crippen LogP contribution in [0.5, 0.6) is 0 Å². The Bertz CT molecular complexity index is 881. The second-order valence-electron chi connectivity index (χ2n) is 10.8. The summed E-state index contributed by atoms with van der Waals surface area (Å²) in [5.74, 6) is -4.65. The molecule has 4 fully saturated rings. The lowest BCUT2D eigenvalue weighted by Gasteiger charge is -2.69. The Morgan fingerprint density at radius 2 is 1.41 bits per heavy atom. The van der Waals surface area contributed by atoms with Crippen LogP contribution in [0, 0.1) is 28.6 Å². The highest BCUT2D eigenvalue weighted by Gasteiger charge is 2.91. The van der Waals surface area contributed by atoms with Crippen molar-refractivity contribution in [3.8, 4) is 0 Å². The largest absolute Gasteiger partial charge is 0.458 e. The van der Waals surface area contributed by atoms with Crippen molar-refractivity contribution in [2.24, 2.45) is 28.6 Å². The van der Waals surface area contributed by atoms with Crippen LogP contribution in [0.4, 0.5) is 0 Å². The number of esters is 4. The van der Waals surface area contributed by atoms with Crippen LogP contribution < -0.4 is 0 Å². The highest BCUT2D eigenvalue weighted by molar-refractivity contribution is 5.70. The van der Waals surface area contributed by atoms with Gasteiger partial charge in [0.25, 0.3) is 5.79 Å². The Labute approximate surface area is 187 Å². The molecule has 8 atom stereocenters. The average molecular weight is 453 g/mol. The highest BCUT2D eigenvalue weighted by Crippen LogP contribution is 2.77. The summed E-state index contributed by atoms with van der Waals surface area (Å²) < 4.78 is 29.3. The van der Waals surface area contributed by atoms with Crippen molar-refractivity contribution in [2.75, 3.05) is 6.61 Å². The summed E-state index contributed by atoms with van der Waals surface area (Å²) in [6, 6.07) is 0. The van der Waals surface area contributed by atoms with E-state index >= 15 is 0 Å². The van der Waals surface area contributed by atoms with Gasteiger partial charge in [-0.2, -0.15) is 0 Å². The lowest BCUT2D eigenvalue weighted by molar-refractivity contribution is -0.401. The van der Waals surface area contributed by atoms with Crippen LogP contribution in [0.15, 0.2) is 0 Å². The SMILES string of the molecule is CC(=O)O[C@@H]1[C@@]2(OC(C)=O)OC[C@]3(OC(C)=O)C2[C@@]1(C)[C@H]1CC(C)(C)C[C@H]1[C@@H]3OC(C)=O. The van der Waals surface area contributed by atoms with Gasteiger partial charge in [-0.1, -0.05) is 20.8 Å². The van der Waals surface area contributed by atoms with E-state index in [0.717, 1.165) is 12.8 Å². The lowest BCUT2D eigenvalue weighted by atomic mass is 9.40. The van der Waals surface area contributed by atoms with Gasteiger partial charge >= 0.3 is 23.9 Å². The first-order valence-corrected chi connectivity index (χ1v) is 11.1. The van der Waals surface area contributed by atoms with Gasteiger partial charge in [0.05, 0.1) is 12.5 Å². The van der Waals surface area contributed by atoms with Crippen molar-refractivity contribution in [3.05, 3.63) is 0 Å². The first-order chi connectivity index (χ1) is 14.7. The third kappa shape index (κ3) is 2.92. The Kier molecular flexibility index (Phi) is 4.98. The van der Waals surface area contributed by atoms with Gasteiger partial charge in [0, 0.05) is 39.0 Å². The van der Waals surface area contributed by atoms with Gasteiger partial charge in [0.2, 0.25) is 0 Å². The molecule has 0 N–H and O–H groups in total. The fraction of sp³-hybridized carbons (Fsp3) is 0.826. The van der Waals surface area contributed by atoms with Crippen molar-refractivity contribution < 1.29 is 42.9 Å². The molecule has 0 bridgehead atoms. The van der Waals surface area contributed by atoms with E-state index in [1.165, 1.54) is 27.7 Å². The second-order valence-corrected chi connectivity index (χ2v) is 10.8. The lowest BCUT2D eigenvalue weighted by Crippen LogP contribution is -2.83. The normalized spacial score (nSPS) is 45.0. The molecule has 0 spiro atoms. The minimum Gasteiger partial charge on any atom is -0.458 e. The van der Waals surface area contributed by atoms with Crippen molar-refractivity contribution >= 4 is 23.9 Å². The fourth-order valence-corrected chi connectivity index (χ4v) is 7.56. The zero-order valence-corrected chi connectivity index (χ0v) is 19.7. The highest BCUT2D eigenvalue weighted by atomic mass is 16.8. The van der Waals surface area contributed by atoms with E-state index in [-0.39, 0.29) is 23.9 Å². The van der Waals surface area contributed by atoms with Gasteiger partial charge in [-0.3, -0.25) is 19.2 Å². The molecule has 1 heterocycles. The molecule has 1 saturated heterocycles. The van der Waals surface area contributed by atoms with Gasteiger partial charge in [0.15, 0.2) is 11.7 Å². The van der Waals surface area contributed by atoms with E-state index in [2.05, 4.69) is 13.8 Å². The molecule has 9 nitrogen and oxygen atoms in total. The third-order valence-corrected chi connectivity index (χ3v) is 7.93. The Hall–Kier alpha value is -2.16. The maximum absolute atomic E-state index is 12.3. The summed E-state index contributed by atoms with van der Waals surface area (Å²) in [6.45, 7) is 11.3. The predicted molar refractivity (Wildman–Crippen MR) is 108 cm³/mol. The second kappa shape index (κ2) is 6.92. The van der Waals surface area contributed by atoms with Gasteiger partial charge in [-0.15, -0.1) is 0 Å². The first-order valence-electron chi connectivity index (χ1n) is 11.1. The summed E-state index contributed by atoms with van der Waals surface area (Å²) in [4.78, 5) is 48.7. The Balaban J connectivity index is 1.93. The van der Waals surface area contributed by atoms with E-state index in [1.807, 2.05) is 6.92 Å². The van der Waals surface area contributed by atoms with Crippen molar-refractivity contribution in [3.63, 3.8) is 0 Å². The van der Waals surface area contributed by atoms with Gasteiger partial charge in [-0.25, -0.2) is 0 Å². The standard InChI is InChI=1S/C23H32O9/c1-11(24)29-17-15-8-20(5,6)9-16(15)21(7)18-22(17,31-13(3)26)10-28-23(18,32-14(4)27)19(21)30-12(2)25/h15-19H,8-10H2,1-7H3/t15-,16+,17+,18?,19+,21-,22-,23-/m1/s1. The first kappa shape index (κ1) is 23.0. The van der Waals surface area contributed by atoms with Gasteiger partial charge < -0.3 is 23.7 Å². The number of rotatable bonds is 4. The minimum absolute atomic E-state index is 0.0368.